The molecule has 2 amide bonds. The molecule has 0 unspecified atom stereocenters. The van der Waals surface area contributed by atoms with Gasteiger partial charge in [-0.2, -0.15) is 13.2 Å². The monoisotopic (exact) mass is 459 g/mol. The van der Waals surface area contributed by atoms with Gasteiger partial charge in [0, 0.05) is 6.04 Å². The molecule has 2 aromatic carbocycles. The largest absolute Gasteiger partial charge is 0.409 e. The van der Waals surface area contributed by atoms with Crippen LogP contribution < -0.4 is 15.5 Å². The minimum atomic E-state index is -4.78. The summed E-state index contributed by atoms with van der Waals surface area (Å²) in [6.45, 7) is 1.37. The predicted molar refractivity (Wildman–Crippen MR) is 110 cm³/mol. The van der Waals surface area contributed by atoms with E-state index in [1.807, 2.05) is 0 Å². The third kappa shape index (κ3) is 4.88. The average molecular weight is 460 g/mol. The Morgan fingerprint density at radius 1 is 1.23 bits per heavy atom. The first-order valence-corrected chi connectivity index (χ1v) is 9.79. The number of anilines is 2. The third-order valence-electron chi connectivity index (χ3n) is 4.78. The van der Waals surface area contributed by atoms with Crippen LogP contribution in [-0.4, -0.2) is 30.6 Å². The molecule has 2 aromatic rings. The van der Waals surface area contributed by atoms with Gasteiger partial charge < -0.3 is 10.6 Å². The van der Waals surface area contributed by atoms with E-state index in [-0.39, 0.29) is 24.0 Å². The van der Waals surface area contributed by atoms with Crippen molar-refractivity contribution >= 4 is 46.4 Å². The Labute approximate surface area is 181 Å². The summed E-state index contributed by atoms with van der Waals surface area (Å²) in [6.07, 6.45) is -5.66. The maximum atomic E-state index is 13.7. The Morgan fingerprint density at radius 3 is 2.60 bits per heavy atom. The summed E-state index contributed by atoms with van der Waals surface area (Å²) in [5, 5.41) is 6.04. The van der Waals surface area contributed by atoms with Gasteiger partial charge in [0.2, 0.25) is 11.8 Å². The predicted octanol–water partition coefficient (Wildman–Crippen LogP) is 4.95. The second-order valence-electron chi connectivity index (χ2n) is 6.87. The molecule has 160 valence electrons. The smallest absolute Gasteiger partial charge is 0.324 e. The first kappa shape index (κ1) is 22.4. The molecule has 1 aliphatic heterocycles. The summed E-state index contributed by atoms with van der Waals surface area (Å²) in [7, 11) is 0. The molecule has 0 aliphatic carbocycles. The Bertz CT molecular complexity index is 969. The maximum absolute atomic E-state index is 13.7. The Hall–Kier alpha value is -2.29. The van der Waals surface area contributed by atoms with Crippen LogP contribution in [0, 0.1) is 0 Å². The lowest BCUT2D eigenvalue weighted by molar-refractivity contribution is -0.157. The van der Waals surface area contributed by atoms with E-state index in [9.17, 15) is 22.8 Å². The summed E-state index contributed by atoms with van der Waals surface area (Å²) in [6, 6.07) is 8.19. The fourth-order valence-electron chi connectivity index (χ4n) is 3.22. The summed E-state index contributed by atoms with van der Waals surface area (Å²) in [4.78, 5) is 25.5. The number of para-hydroxylation sites is 2. The van der Waals surface area contributed by atoms with E-state index in [2.05, 4.69) is 10.6 Å². The highest BCUT2D eigenvalue weighted by Gasteiger charge is 2.48. The molecular formula is C20H18Cl2F3N3O2. The van der Waals surface area contributed by atoms with Crippen LogP contribution in [0.1, 0.15) is 24.9 Å². The summed E-state index contributed by atoms with van der Waals surface area (Å²) >= 11 is 11.9. The van der Waals surface area contributed by atoms with Crippen molar-refractivity contribution in [2.24, 2.45) is 0 Å². The first-order chi connectivity index (χ1) is 14.1. The van der Waals surface area contributed by atoms with E-state index in [4.69, 9.17) is 23.2 Å². The fraction of sp³-hybridized carbons (Fsp3) is 0.300. The van der Waals surface area contributed by atoms with Gasteiger partial charge >= 0.3 is 6.18 Å². The number of fused-ring (bicyclic) bond motifs is 1. The summed E-state index contributed by atoms with van der Waals surface area (Å²) in [5.41, 5.74) is 0.873. The van der Waals surface area contributed by atoms with Gasteiger partial charge in [-0.05, 0) is 36.8 Å². The van der Waals surface area contributed by atoms with Crippen LogP contribution in [0.3, 0.4) is 0 Å². The van der Waals surface area contributed by atoms with Crippen LogP contribution in [0.2, 0.25) is 10.0 Å². The molecule has 1 aliphatic rings. The standard InChI is InChI=1S/C20H18Cl2F3N3O2/c1-11(12-6-7-13(21)14(22)8-12)26-10-19(30)28-16-5-3-2-4-15(16)27-18(29)9-17(28)20(23,24)25/h2-8,11,17,26H,9-10H2,1H3,(H,27,29)/t11-,17-/m0/s1. The van der Waals surface area contributed by atoms with E-state index in [0.29, 0.717) is 14.9 Å². The molecule has 2 N–H and O–H groups in total. The molecule has 0 aromatic heterocycles. The van der Waals surface area contributed by atoms with E-state index in [1.54, 1.807) is 31.2 Å². The van der Waals surface area contributed by atoms with E-state index < -0.39 is 30.5 Å². The van der Waals surface area contributed by atoms with Crippen LogP contribution >= 0.6 is 23.2 Å². The van der Waals surface area contributed by atoms with Gasteiger partial charge in [-0.3, -0.25) is 14.5 Å². The van der Waals surface area contributed by atoms with Gasteiger partial charge in [0.25, 0.3) is 0 Å². The molecule has 5 nitrogen and oxygen atoms in total. The zero-order valence-corrected chi connectivity index (χ0v) is 17.3. The van der Waals surface area contributed by atoms with Gasteiger partial charge in [0.15, 0.2) is 0 Å². The molecule has 30 heavy (non-hydrogen) atoms. The number of carbonyl (C=O) groups excluding carboxylic acids is 2. The van der Waals surface area contributed by atoms with Gasteiger partial charge in [-0.1, -0.05) is 41.4 Å². The van der Waals surface area contributed by atoms with E-state index in [1.165, 1.54) is 18.2 Å². The molecule has 3 rings (SSSR count). The number of nitrogens with zero attached hydrogens (tertiary/aromatic N) is 1. The molecule has 0 radical (unpaired) electrons. The Morgan fingerprint density at radius 2 is 1.93 bits per heavy atom. The highest BCUT2D eigenvalue weighted by molar-refractivity contribution is 6.42. The van der Waals surface area contributed by atoms with Crippen molar-refractivity contribution in [3.05, 3.63) is 58.1 Å². The molecule has 0 saturated heterocycles. The number of carbonyl (C=O) groups is 2. The van der Waals surface area contributed by atoms with Crippen molar-refractivity contribution in [1.82, 2.24) is 5.32 Å². The molecule has 1 heterocycles. The number of halogens is 5. The minimum absolute atomic E-state index is 0.000310. The molecule has 0 saturated carbocycles. The zero-order valence-electron chi connectivity index (χ0n) is 15.8. The van der Waals surface area contributed by atoms with Crippen LogP contribution in [-0.2, 0) is 9.59 Å². The molecule has 10 heteroatoms. The van der Waals surface area contributed by atoms with Crippen LogP contribution in [0.15, 0.2) is 42.5 Å². The quantitative estimate of drug-likeness (QED) is 0.679. The van der Waals surface area contributed by atoms with Gasteiger partial charge in [-0.25, -0.2) is 0 Å². The number of hydrogen-bond acceptors (Lipinski definition) is 3. The normalized spacial score (nSPS) is 17.7. The second kappa shape index (κ2) is 8.83. The van der Waals surface area contributed by atoms with Crippen LogP contribution in [0.4, 0.5) is 24.5 Å². The van der Waals surface area contributed by atoms with Gasteiger partial charge in [0.05, 0.1) is 34.4 Å². The van der Waals surface area contributed by atoms with Crippen molar-refractivity contribution in [3.63, 3.8) is 0 Å². The highest BCUT2D eigenvalue weighted by atomic mass is 35.5. The van der Waals surface area contributed by atoms with Gasteiger partial charge in [-0.15, -0.1) is 0 Å². The van der Waals surface area contributed by atoms with Crippen molar-refractivity contribution in [3.8, 4) is 0 Å². The lowest BCUT2D eigenvalue weighted by Gasteiger charge is -2.32. The molecule has 0 fully saturated rings. The topological polar surface area (TPSA) is 61.4 Å². The molecule has 0 spiro atoms. The summed E-state index contributed by atoms with van der Waals surface area (Å²) in [5.74, 6) is -1.62. The zero-order chi connectivity index (χ0) is 22.1. The van der Waals surface area contributed by atoms with Crippen LogP contribution in [0.25, 0.3) is 0 Å². The number of alkyl halides is 3. The Balaban J connectivity index is 1.85. The second-order valence-corrected chi connectivity index (χ2v) is 7.68. The highest BCUT2D eigenvalue weighted by Crippen LogP contribution is 2.37. The van der Waals surface area contributed by atoms with Gasteiger partial charge in [0.1, 0.15) is 6.04 Å². The number of hydrogen-bond donors (Lipinski definition) is 2. The van der Waals surface area contributed by atoms with Crippen molar-refractivity contribution in [1.29, 1.82) is 0 Å². The van der Waals surface area contributed by atoms with Crippen molar-refractivity contribution < 1.29 is 22.8 Å². The van der Waals surface area contributed by atoms with Crippen molar-refractivity contribution in [2.75, 3.05) is 16.8 Å². The molecule has 2 atom stereocenters. The third-order valence-corrected chi connectivity index (χ3v) is 5.52. The lowest BCUT2D eigenvalue weighted by Crippen LogP contribution is -2.52. The SMILES string of the molecule is C[C@H](NCC(=O)N1c2ccccc2NC(=O)C[C@H]1C(F)(F)F)c1ccc(Cl)c(Cl)c1. The number of benzene rings is 2. The van der Waals surface area contributed by atoms with Crippen molar-refractivity contribution in [2.45, 2.75) is 31.6 Å². The first-order valence-electron chi connectivity index (χ1n) is 9.04. The number of amides is 2. The maximum Gasteiger partial charge on any atom is 0.409 e. The molecule has 0 bridgehead atoms. The average Bonchev–Trinajstić information content (AvgIpc) is 2.83. The number of nitrogens with one attached hydrogen (secondary N) is 2. The lowest BCUT2D eigenvalue weighted by atomic mass is 10.1. The van der Waals surface area contributed by atoms with E-state index >= 15 is 0 Å². The Kier molecular flexibility index (Phi) is 6.59. The minimum Gasteiger partial charge on any atom is -0.324 e. The summed E-state index contributed by atoms with van der Waals surface area (Å²) < 4.78 is 41.2. The number of rotatable bonds is 4. The molecular weight excluding hydrogens is 442 g/mol. The van der Waals surface area contributed by atoms with E-state index in [0.717, 1.165) is 5.56 Å². The van der Waals surface area contributed by atoms with Crippen LogP contribution in [0.5, 0.6) is 0 Å². The fourth-order valence-corrected chi connectivity index (χ4v) is 3.53.